The van der Waals surface area contributed by atoms with Gasteiger partial charge in [-0.25, -0.2) is 9.97 Å². The van der Waals surface area contributed by atoms with Crippen LogP contribution in [0.25, 0.3) is 10.9 Å². The number of anilines is 1. The zero-order chi connectivity index (χ0) is 21.6. The smallest absolute Gasteiger partial charge is 0.257 e. The molecule has 0 radical (unpaired) electrons. The van der Waals surface area contributed by atoms with Gasteiger partial charge in [-0.1, -0.05) is 30.0 Å². The number of pyridine rings is 3. The van der Waals surface area contributed by atoms with Gasteiger partial charge >= 0.3 is 0 Å². The van der Waals surface area contributed by atoms with E-state index in [0.717, 1.165) is 5.03 Å². The van der Waals surface area contributed by atoms with Crippen LogP contribution in [0.3, 0.4) is 0 Å². The molecule has 154 valence electrons. The minimum Gasteiger partial charge on any atom is -0.360 e. The zero-order valence-electron chi connectivity index (χ0n) is 16.2. The molecule has 3 heterocycles. The van der Waals surface area contributed by atoms with E-state index in [0.29, 0.717) is 21.6 Å². The molecule has 4 rings (SSSR count). The number of hydrogen-bond donors (Lipinski definition) is 3. The van der Waals surface area contributed by atoms with E-state index >= 15 is 0 Å². The van der Waals surface area contributed by atoms with Crippen LogP contribution < -0.4 is 16.1 Å². The second-order valence-corrected chi connectivity index (χ2v) is 7.50. The number of benzene rings is 1. The standard InChI is InChI=1S/C22H17N5O3S/c28-18(27-14-8-10-24-20(11-14)31-19-7-3-4-9-23-19)13-26-22(30)16-12-25-17-6-2-1-5-15(17)21(16)29/h1-12H,13H2,(H,25,29)(H,26,30)(H,24,27,28). The normalized spacial score (nSPS) is 10.6. The number of hydrogen-bond acceptors (Lipinski definition) is 6. The summed E-state index contributed by atoms with van der Waals surface area (Å²) in [5.41, 5.74) is 0.733. The molecule has 4 aromatic rings. The average Bonchev–Trinajstić information content (AvgIpc) is 2.79. The predicted octanol–water partition coefficient (Wildman–Crippen LogP) is 2.84. The van der Waals surface area contributed by atoms with Gasteiger partial charge < -0.3 is 15.6 Å². The summed E-state index contributed by atoms with van der Waals surface area (Å²) in [6.45, 7) is -0.282. The van der Waals surface area contributed by atoms with Crippen molar-refractivity contribution >= 4 is 40.2 Å². The summed E-state index contributed by atoms with van der Waals surface area (Å²) in [7, 11) is 0. The summed E-state index contributed by atoms with van der Waals surface area (Å²) in [5, 5.41) is 7.05. The molecule has 0 spiro atoms. The van der Waals surface area contributed by atoms with Crippen molar-refractivity contribution in [2.75, 3.05) is 11.9 Å². The maximum absolute atomic E-state index is 12.5. The van der Waals surface area contributed by atoms with Crippen LogP contribution in [0.4, 0.5) is 5.69 Å². The number of carbonyl (C=O) groups is 2. The largest absolute Gasteiger partial charge is 0.360 e. The molecular weight excluding hydrogens is 414 g/mol. The Kier molecular flexibility index (Phi) is 6.04. The van der Waals surface area contributed by atoms with E-state index in [-0.39, 0.29) is 12.1 Å². The summed E-state index contributed by atoms with van der Waals surface area (Å²) < 4.78 is 0. The molecule has 2 amide bonds. The zero-order valence-corrected chi connectivity index (χ0v) is 17.0. The maximum atomic E-state index is 12.5. The number of amides is 2. The highest BCUT2D eigenvalue weighted by atomic mass is 32.2. The van der Waals surface area contributed by atoms with Crippen molar-refractivity contribution in [2.45, 2.75) is 10.1 Å². The van der Waals surface area contributed by atoms with Gasteiger partial charge in [-0.05, 0) is 36.4 Å². The average molecular weight is 431 g/mol. The Morgan fingerprint density at radius 2 is 1.77 bits per heavy atom. The fourth-order valence-electron chi connectivity index (χ4n) is 2.85. The highest BCUT2D eigenvalue weighted by Gasteiger charge is 2.14. The van der Waals surface area contributed by atoms with E-state index in [2.05, 4.69) is 25.6 Å². The first-order valence-electron chi connectivity index (χ1n) is 9.33. The molecule has 0 bridgehead atoms. The Balaban J connectivity index is 1.37. The van der Waals surface area contributed by atoms with Gasteiger partial charge in [-0.2, -0.15) is 0 Å². The van der Waals surface area contributed by atoms with Crippen molar-refractivity contribution in [1.82, 2.24) is 20.3 Å². The summed E-state index contributed by atoms with van der Waals surface area (Å²) in [6.07, 6.45) is 4.62. The second kappa shape index (κ2) is 9.23. The molecule has 0 fully saturated rings. The van der Waals surface area contributed by atoms with E-state index in [1.165, 1.54) is 18.0 Å². The molecule has 0 aliphatic rings. The lowest BCUT2D eigenvalue weighted by atomic mass is 10.1. The number of carbonyl (C=O) groups excluding carboxylic acids is 2. The number of nitrogens with one attached hydrogen (secondary N) is 3. The molecule has 3 aromatic heterocycles. The van der Waals surface area contributed by atoms with Crippen LogP contribution in [0.2, 0.25) is 0 Å². The molecule has 9 heteroatoms. The number of rotatable bonds is 6. The monoisotopic (exact) mass is 431 g/mol. The van der Waals surface area contributed by atoms with Gasteiger partial charge in [-0.15, -0.1) is 0 Å². The predicted molar refractivity (Wildman–Crippen MR) is 118 cm³/mol. The first-order chi connectivity index (χ1) is 15.1. The Morgan fingerprint density at radius 3 is 2.61 bits per heavy atom. The van der Waals surface area contributed by atoms with Gasteiger partial charge in [0.2, 0.25) is 11.3 Å². The van der Waals surface area contributed by atoms with Gasteiger partial charge in [0.25, 0.3) is 5.91 Å². The molecule has 31 heavy (non-hydrogen) atoms. The number of fused-ring (bicyclic) bond motifs is 1. The van der Waals surface area contributed by atoms with Crippen LogP contribution in [0.15, 0.2) is 88.0 Å². The molecule has 0 aliphatic heterocycles. The molecular formula is C22H17N5O3S. The van der Waals surface area contributed by atoms with Crippen molar-refractivity contribution in [3.8, 4) is 0 Å². The Bertz CT molecular complexity index is 1310. The van der Waals surface area contributed by atoms with E-state index in [4.69, 9.17) is 0 Å². The lowest BCUT2D eigenvalue weighted by Gasteiger charge is -2.08. The fourth-order valence-corrected chi connectivity index (χ4v) is 3.63. The van der Waals surface area contributed by atoms with Crippen LogP contribution >= 0.6 is 11.8 Å². The van der Waals surface area contributed by atoms with Gasteiger partial charge in [-0.3, -0.25) is 14.4 Å². The van der Waals surface area contributed by atoms with Crippen LogP contribution in [0.1, 0.15) is 10.4 Å². The van der Waals surface area contributed by atoms with Crippen LogP contribution in [0, 0.1) is 0 Å². The Labute approximate surface area is 181 Å². The van der Waals surface area contributed by atoms with Crippen molar-refractivity contribution in [1.29, 1.82) is 0 Å². The molecule has 8 nitrogen and oxygen atoms in total. The van der Waals surface area contributed by atoms with Crippen molar-refractivity contribution < 1.29 is 9.59 Å². The Hall–Kier alpha value is -3.98. The highest BCUT2D eigenvalue weighted by Crippen LogP contribution is 2.25. The summed E-state index contributed by atoms with van der Waals surface area (Å²) in [6, 6.07) is 15.8. The summed E-state index contributed by atoms with van der Waals surface area (Å²) >= 11 is 1.37. The van der Waals surface area contributed by atoms with Crippen LogP contribution in [0.5, 0.6) is 0 Å². The third kappa shape index (κ3) is 4.96. The van der Waals surface area contributed by atoms with Crippen molar-refractivity contribution in [2.24, 2.45) is 0 Å². The minimum absolute atomic E-state index is 0.0514. The lowest BCUT2D eigenvalue weighted by Crippen LogP contribution is -2.35. The van der Waals surface area contributed by atoms with Crippen molar-refractivity contribution in [3.63, 3.8) is 0 Å². The van der Waals surface area contributed by atoms with E-state index < -0.39 is 17.2 Å². The van der Waals surface area contributed by atoms with E-state index in [1.807, 2.05) is 18.2 Å². The number of nitrogens with zero attached hydrogens (tertiary/aromatic N) is 2. The van der Waals surface area contributed by atoms with Gasteiger partial charge in [0, 0.05) is 35.2 Å². The quantitative estimate of drug-likeness (QED) is 0.432. The summed E-state index contributed by atoms with van der Waals surface area (Å²) in [5.74, 6) is -1.05. The molecule has 3 N–H and O–H groups in total. The molecule has 1 aromatic carbocycles. The van der Waals surface area contributed by atoms with Gasteiger partial charge in [0.1, 0.15) is 15.6 Å². The van der Waals surface area contributed by atoms with E-state index in [9.17, 15) is 14.4 Å². The van der Waals surface area contributed by atoms with Gasteiger partial charge in [0.05, 0.1) is 6.54 Å². The van der Waals surface area contributed by atoms with Gasteiger partial charge in [0.15, 0.2) is 0 Å². The number of aromatic nitrogens is 3. The van der Waals surface area contributed by atoms with Crippen molar-refractivity contribution in [3.05, 3.63) is 89.0 Å². The number of H-pyrrole nitrogens is 1. The third-order valence-corrected chi connectivity index (χ3v) is 5.19. The summed E-state index contributed by atoms with van der Waals surface area (Å²) in [4.78, 5) is 48.6. The third-order valence-electron chi connectivity index (χ3n) is 4.31. The first kappa shape index (κ1) is 20.3. The molecule has 0 saturated carbocycles. The minimum atomic E-state index is -0.622. The lowest BCUT2D eigenvalue weighted by molar-refractivity contribution is -0.115. The Morgan fingerprint density at radius 1 is 0.968 bits per heavy atom. The fraction of sp³-hybridized carbons (Fsp3) is 0.0455. The first-order valence-corrected chi connectivity index (χ1v) is 10.2. The van der Waals surface area contributed by atoms with Crippen LogP contribution in [-0.2, 0) is 4.79 Å². The maximum Gasteiger partial charge on any atom is 0.257 e. The molecule has 0 atom stereocenters. The van der Waals surface area contributed by atoms with E-state index in [1.54, 1.807) is 48.8 Å². The second-order valence-electron chi connectivity index (χ2n) is 6.46. The van der Waals surface area contributed by atoms with Crippen LogP contribution in [-0.4, -0.2) is 33.3 Å². The topological polar surface area (TPSA) is 117 Å². The molecule has 0 aliphatic carbocycles. The molecule has 0 saturated heterocycles. The highest BCUT2D eigenvalue weighted by molar-refractivity contribution is 7.99. The molecule has 0 unspecified atom stereocenters. The number of aromatic amines is 1. The SMILES string of the molecule is O=C(CNC(=O)c1c[nH]c2ccccc2c1=O)Nc1ccnc(Sc2ccccn2)c1. The number of para-hydroxylation sites is 1.